The molecule has 2 saturated heterocycles. The second kappa shape index (κ2) is 19.9. The largest absolute Gasteiger partial charge is 0.444 e. The summed E-state index contributed by atoms with van der Waals surface area (Å²) in [6, 6.07) is 1.89. The zero-order valence-corrected chi connectivity index (χ0v) is 38.6. The van der Waals surface area contributed by atoms with E-state index in [1.54, 1.807) is 43.0 Å². The van der Waals surface area contributed by atoms with Crippen LogP contribution in [0.3, 0.4) is 0 Å². The minimum atomic E-state index is -0.600. The number of rotatable bonds is 9. The number of hydrogen-bond acceptors (Lipinski definition) is 17. The number of aryl methyl sites for hydroxylation is 2. The van der Waals surface area contributed by atoms with E-state index in [0.717, 1.165) is 28.8 Å². The molecular formula is C41H49ClF2N14O4S2. The molecule has 0 saturated carbocycles. The Hall–Kier alpha value is -5.84. The quantitative estimate of drug-likeness (QED) is 0.121. The molecule has 0 spiro atoms. The molecule has 3 amide bonds. The number of fused-ring (bicyclic) bond motifs is 2. The number of anilines is 2. The lowest BCUT2D eigenvalue weighted by Gasteiger charge is -2.22. The molecule has 64 heavy (non-hydrogen) atoms. The first kappa shape index (κ1) is 47.6. The van der Waals surface area contributed by atoms with Crippen LogP contribution in [0, 0.1) is 25.5 Å². The molecule has 0 aromatic carbocycles. The Morgan fingerprint density at radius 2 is 1.22 bits per heavy atom. The van der Waals surface area contributed by atoms with Gasteiger partial charge in [-0.1, -0.05) is 0 Å². The van der Waals surface area contributed by atoms with Crippen molar-refractivity contribution in [1.82, 2.24) is 55.0 Å². The molecule has 0 aliphatic carbocycles. The summed E-state index contributed by atoms with van der Waals surface area (Å²) in [4.78, 5) is 76.5. The van der Waals surface area contributed by atoms with E-state index in [2.05, 4.69) is 55.8 Å². The lowest BCUT2D eigenvalue weighted by Crippen LogP contribution is -2.41. The zero-order valence-electron chi connectivity index (χ0n) is 36.2. The number of hydrogen-bond donors (Lipinski definition) is 4. The highest BCUT2D eigenvalue weighted by molar-refractivity contribution is 7.19. The Balaban J connectivity index is 0.000000214. The lowest BCUT2D eigenvalue weighted by molar-refractivity contribution is 0.0501. The molecule has 2 fully saturated rings. The third kappa shape index (κ3) is 11.6. The van der Waals surface area contributed by atoms with Gasteiger partial charge in [0.05, 0.1) is 40.5 Å². The summed E-state index contributed by atoms with van der Waals surface area (Å²) >= 11 is 2.74. The van der Waals surface area contributed by atoms with E-state index in [4.69, 9.17) is 10.5 Å². The van der Waals surface area contributed by atoms with Crippen molar-refractivity contribution in [3.63, 3.8) is 0 Å². The third-order valence-electron chi connectivity index (χ3n) is 9.98. The first-order valence-corrected chi connectivity index (χ1v) is 21.9. The summed E-state index contributed by atoms with van der Waals surface area (Å²) in [5.74, 6) is -0.822. The van der Waals surface area contributed by atoms with Crippen LogP contribution in [0.25, 0.3) is 20.7 Å². The van der Waals surface area contributed by atoms with Crippen LogP contribution in [0.5, 0.6) is 0 Å². The maximum absolute atomic E-state index is 13.6. The first-order valence-electron chi connectivity index (χ1n) is 20.3. The van der Waals surface area contributed by atoms with Crippen LogP contribution in [-0.2, 0) is 4.74 Å². The second-order valence-electron chi connectivity index (χ2n) is 16.4. The smallest absolute Gasteiger partial charge is 0.407 e. The molecule has 8 heterocycles. The van der Waals surface area contributed by atoms with E-state index in [1.165, 1.54) is 34.8 Å². The van der Waals surface area contributed by atoms with Crippen molar-refractivity contribution >= 4 is 85.6 Å². The van der Waals surface area contributed by atoms with Gasteiger partial charge in [0.15, 0.2) is 22.7 Å². The maximum atomic E-state index is 13.6. The van der Waals surface area contributed by atoms with E-state index < -0.39 is 23.3 Å². The summed E-state index contributed by atoms with van der Waals surface area (Å²) in [7, 11) is 0. The van der Waals surface area contributed by atoms with Gasteiger partial charge >= 0.3 is 6.09 Å². The molecule has 4 atom stereocenters. The highest BCUT2D eigenvalue weighted by Crippen LogP contribution is 2.30. The van der Waals surface area contributed by atoms with Crippen molar-refractivity contribution in [1.29, 1.82) is 0 Å². The van der Waals surface area contributed by atoms with Gasteiger partial charge in [0.2, 0.25) is 11.9 Å². The zero-order chi connectivity index (χ0) is 45.2. The van der Waals surface area contributed by atoms with Gasteiger partial charge in [-0.25, -0.2) is 33.5 Å². The van der Waals surface area contributed by atoms with Gasteiger partial charge in [0, 0.05) is 44.6 Å². The number of nitrogens with one attached hydrogen (secondary N) is 3. The number of carbonyl (C=O) groups excluding carboxylic acids is 3. The number of ether oxygens (including phenoxy) is 1. The summed E-state index contributed by atoms with van der Waals surface area (Å²) < 4.78 is 33.6. The third-order valence-corrected chi connectivity index (χ3v) is 11.9. The van der Waals surface area contributed by atoms with Crippen LogP contribution in [0.1, 0.15) is 102 Å². The molecule has 6 aromatic rings. The monoisotopic (exact) mass is 938 g/mol. The number of likely N-dealkylation sites (tertiary alicyclic amines) is 2. The number of pyridine rings is 2. The van der Waals surface area contributed by atoms with Crippen molar-refractivity contribution in [2.24, 2.45) is 5.73 Å². The van der Waals surface area contributed by atoms with Crippen LogP contribution >= 0.6 is 35.1 Å². The van der Waals surface area contributed by atoms with Crippen LogP contribution in [-0.4, -0.2) is 111 Å². The van der Waals surface area contributed by atoms with Crippen molar-refractivity contribution in [3.05, 3.63) is 81.1 Å². The SMILES string of the molecule is Cc1nc2nc(N[C@@H](C)c3cncc(F)c3)nc(C(=O)N3CC[C@@H](N)C3)c2s1.Cc1nc2nc(N[C@@H](C)c3cncc(F)c3)nc(C(=O)N3CC[C@@H](NC(=O)OC(C)(C)C)C3)c2s1.Cl. The van der Waals surface area contributed by atoms with Crippen LogP contribution in [0.4, 0.5) is 25.5 Å². The van der Waals surface area contributed by atoms with E-state index in [0.29, 0.717) is 70.1 Å². The van der Waals surface area contributed by atoms with Gasteiger partial charge in [-0.15, -0.1) is 35.1 Å². The highest BCUT2D eigenvalue weighted by Gasteiger charge is 2.32. The summed E-state index contributed by atoms with van der Waals surface area (Å²) in [5, 5.41) is 10.6. The Morgan fingerprint density at radius 1 is 0.750 bits per heavy atom. The van der Waals surface area contributed by atoms with Gasteiger partial charge in [0.25, 0.3) is 11.8 Å². The fraction of sp³-hybridized carbons (Fsp3) is 0.439. The predicted octanol–water partition coefficient (Wildman–Crippen LogP) is 6.54. The van der Waals surface area contributed by atoms with Gasteiger partial charge in [-0.3, -0.25) is 19.6 Å². The van der Waals surface area contributed by atoms with E-state index in [9.17, 15) is 23.2 Å². The predicted molar refractivity (Wildman–Crippen MR) is 242 cm³/mol. The van der Waals surface area contributed by atoms with Crippen molar-refractivity contribution in [2.75, 3.05) is 36.8 Å². The van der Waals surface area contributed by atoms with Gasteiger partial charge in [-0.05, 0) is 84.6 Å². The molecule has 0 unspecified atom stereocenters. The van der Waals surface area contributed by atoms with Gasteiger partial charge in [-0.2, -0.15) is 9.97 Å². The van der Waals surface area contributed by atoms with Gasteiger partial charge in [0.1, 0.15) is 26.6 Å². The average molecular weight is 940 g/mol. The number of aromatic nitrogens is 8. The molecule has 18 nitrogen and oxygen atoms in total. The van der Waals surface area contributed by atoms with E-state index >= 15 is 0 Å². The Labute approximate surface area is 381 Å². The van der Waals surface area contributed by atoms with Crippen LogP contribution < -0.4 is 21.7 Å². The Morgan fingerprint density at radius 3 is 1.66 bits per heavy atom. The molecular weight excluding hydrogens is 890 g/mol. The van der Waals surface area contributed by atoms with Gasteiger partial charge < -0.3 is 36.2 Å². The molecule has 6 aromatic heterocycles. The number of nitrogens with two attached hydrogens (primary N) is 1. The maximum Gasteiger partial charge on any atom is 0.407 e. The number of thiazole rings is 2. The lowest BCUT2D eigenvalue weighted by atomic mass is 10.1. The Bertz CT molecular complexity index is 2670. The molecule has 8 rings (SSSR count). The van der Waals surface area contributed by atoms with Crippen molar-refractivity contribution in [2.45, 2.75) is 91.1 Å². The average Bonchev–Trinajstić information content (AvgIpc) is 4.03. The highest BCUT2D eigenvalue weighted by atomic mass is 35.5. The number of alkyl carbamates (subject to hydrolysis) is 1. The molecule has 0 bridgehead atoms. The van der Waals surface area contributed by atoms with Crippen molar-refractivity contribution < 1.29 is 27.9 Å². The minimum Gasteiger partial charge on any atom is -0.444 e. The molecule has 2 aliphatic rings. The second-order valence-corrected chi connectivity index (χ2v) is 18.8. The van der Waals surface area contributed by atoms with Crippen LogP contribution in [0.15, 0.2) is 36.9 Å². The first-order chi connectivity index (χ1) is 29.9. The Kier molecular flexibility index (Phi) is 14.8. The molecule has 2 aliphatic heterocycles. The fourth-order valence-electron chi connectivity index (χ4n) is 6.97. The number of nitrogens with zero attached hydrogens (tertiary/aromatic N) is 10. The topological polar surface area (TPSA) is 232 Å². The summed E-state index contributed by atoms with van der Waals surface area (Å²) in [6.07, 6.45) is 6.28. The summed E-state index contributed by atoms with van der Waals surface area (Å²) in [5.41, 5.74) is 8.06. The molecule has 5 N–H and O–H groups in total. The van der Waals surface area contributed by atoms with Crippen molar-refractivity contribution in [3.8, 4) is 0 Å². The summed E-state index contributed by atoms with van der Waals surface area (Å²) in [6.45, 7) is 14.7. The molecule has 23 heteroatoms. The minimum absolute atomic E-state index is 0. The normalized spacial score (nSPS) is 17.0. The van der Waals surface area contributed by atoms with Crippen LogP contribution in [0.2, 0.25) is 0 Å². The van der Waals surface area contributed by atoms with E-state index in [-0.39, 0.29) is 66.0 Å². The molecule has 0 radical (unpaired) electrons. The number of amides is 3. The number of carbonyl (C=O) groups is 3. The number of halogens is 3. The molecule has 340 valence electrons. The standard InChI is InChI=1S/C23H28FN7O3S.C18H20FN7OS.ClH/c1-12(14-8-15(24)10-25-9-14)26-21-29-17(18-19(30-21)27-13(2)35-18)20(32)31-7-6-16(11-31)28-22(33)34-23(3,4)5;1-9(11-5-12(19)7-21-6-11)22-18-24-14(15-16(25-18)23-10(2)28-15)17(27)26-4-3-13(20)8-26;/h8-10,12,16H,6-7,11H2,1-5H3,(H,28,33)(H,26,29,30);5-7,9,13H,3-4,8,20H2,1-2H3,(H,22,24,25);1H/t12-,16+;9-,13+;/m00./s1. The fourth-order valence-corrected chi connectivity index (χ4v) is 8.65. The van der Waals surface area contributed by atoms with E-state index in [1.807, 2.05) is 27.7 Å².